The SMILES string of the molecule is CCC[C@H](C)[C@H](CCOC(C)=O)OC(=O)C(OC)c1ccc2ccccc2c1. The number of hydrogen-bond donors (Lipinski definition) is 0. The maximum atomic E-state index is 12.9. The summed E-state index contributed by atoms with van der Waals surface area (Å²) in [6, 6.07) is 13.8. The lowest BCUT2D eigenvalue weighted by atomic mass is 9.97. The molecule has 5 nitrogen and oxygen atoms in total. The third-order valence-corrected chi connectivity index (χ3v) is 4.88. The Morgan fingerprint density at radius 2 is 1.75 bits per heavy atom. The van der Waals surface area contributed by atoms with Crippen molar-refractivity contribution in [3.8, 4) is 0 Å². The number of rotatable bonds is 10. The number of carbonyl (C=O) groups excluding carboxylic acids is 2. The van der Waals surface area contributed by atoms with Crippen molar-refractivity contribution in [3.05, 3.63) is 48.0 Å². The van der Waals surface area contributed by atoms with Crippen LogP contribution in [0.3, 0.4) is 0 Å². The number of fused-ring (bicyclic) bond motifs is 1. The fourth-order valence-corrected chi connectivity index (χ4v) is 3.37. The standard InChI is InChI=1S/C23H30O5/c1-5-8-16(2)21(13-14-27-17(3)24)28-23(25)22(26-4)20-12-11-18-9-6-7-10-19(18)15-20/h6-7,9-12,15-16,21-22H,5,8,13-14H2,1-4H3/t16-,21-,22?/m0/s1. The summed E-state index contributed by atoms with van der Waals surface area (Å²) in [6.45, 7) is 5.74. The van der Waals surface area contributed by atoms with E-state index >= 15 is 0 Å². The zero-order chi connectivity index (χ0) is 20.5. The van der Waals surface area contributed by atoms with Gasteiger partial charge in [-0.05, 0) is 34.7 Å². The van der Waals surface area contributed by atoms with Gasteiger partial charge in [-0.2, -0.15) is 0 Å². The average Bonchev–Trinajstić information content (AvgIpc) is 2.67. The second-order valence-electron chi connectivity index (χ2n) is 7.09. The Kier molecular flexibility index (Phi) is 8.45. The van der Waals surface area contributed by atoms with Gasteiger partial charge in [0.05, 0.1) is 6.61 Å². The van der Waals surface area contributed by atoms with Crippen molar-refractivity contribution in [2.45, 2.75) is 52.2 Å². The van der Waals surface area contributed by atoms with E-state index < -0.39 is 12.1 Å². The zero-order valence-electron chi connectivity index (χ0n) is 17.1. The smallest absolute Gasteiger partial charge is 0.340 e. The van der Waals surface area contributed by atoms with Crippen LogP contribution < -0.4 is 0 Å². The van der Waals surface area contributed by atoms with Crippen LogP contribution in [0, 0.1) is 5.92 Å². The van der Waals surface area contributed by atoms with Crippen LogP contribution in [0.15, 0.2) is 42.5 Å². The highest BCUT2D eigenvalue weighted by atomic mass is 16.6. The van der Waals surface area contributed by atoms with Crippen LogP contribution in [0.4, 0.5) is 0 Å². The number of benzene rings is 2. The van der Waals surface area contributed by atoms with Gasteiger partial charge in [-0.15, -0.1) is 0 Å². The number of ether oxygens (including phenoxy) is 3. The number of carbonyl (C=O) groups is 2. The monoisotopic (exact) mass is 386 g/mol. The maximum Gasteiger partial charge on any atom is 0.340 e. The van der Waals surface area contributed by atoms with Crippen LogP contribution in [0.2, 0.25) is 0 Å². The van der Waals surface area contributed by atoms with Gasteiger partial charge in [0.2, 0.25) is 0 Å². The van der Waals surface area contributed by atoms with Crippen LogP contribution >= 0.6 is 0 Å². The molecule has 2 aromatic carbocycles. The molecule has 2 aromatic rings. The van der Waals surface area contributed by atoms with Crippen LogP contribution in [0.1, 0.15) is 51.7 Å². The molecule has 5 heteroatoms. The first-order valence-corrected chi connectivity index (χ1v) is 9.81. The first kappa shape index (κ1) is 21.9. The second kappa shape index (κ2) is 10.8. The Morgan fingerprint density at radius 1 is 1.04 bits per heavy atom. The molecule has 2 rings (SSSR count). The molecule has 0 amide bonds. The van der Waals surface area contributed by atoms with Gasteiger partial charge in [-0.25, -0.2) is 4.79 Å². The normalized spacial score (nSPS) is 14.3. The van der Waals surface area contributed by atoms with Gasteiger partial charge < -0.3 is 14.2 Å². The molecule has 0 saturated carbocycles. The van der Waals surface area contributed by atoms with E-state index in [-0.39, 0.29) is 24.6 Å². The predicted octanol–water partition coefficient (Wildman–Crippen LogP) is 4.83. The largest absolute Gasteiger partial charge is 0.466 e. The highest BCUT2D eigenvalue weighted by Crippen LogP contribution is 2.26. The van der Waals surface area contributed by atoms with Gasteiger partial charge in [-0.3, -0.25) is 4.79 Å². The molecule has 28 heavy (non-hydrogen) atoms. The van der Waals surface area contributed by atoms with Crippen LogP contribution in [0.25, 0.3) is 10.8 Å². The van der Waals surface area contributed by atoms with E-state index in [0.29, 0.717) is 6.42 Å². The fraction of sp³-hybridized carbons (Fsp3) is 0.478. The number of esters is 2. The molecule has 0 radical (unpaired) electrons. The topological polar surface area (TPSA) is 61.8 Å². The molecule has 0 aliphatic carbocycles. The van der Waals surface area contributed by atoms with Gasteiger partial charge in [0, 0.05) is 20.5 Å². The van der Waals surface area contributed by atoms with Gasteiger partial charge in [0.15, 0.2) is 6.10 Å². The lowest BCUT2D eigenvalue weighted by Gasteiger charge is -2.26. The summed E-state index contributed by atoms with van der Waals surface area (Å²) in [5.74, 6) is -0.591. The van der Waals surface area contributed by atoms with Crippen molar-refractivity contribution >= 4 is 22.7 Å². The molecule has 0 saturated heterocycles. The van der Waals surface area contributed by atoms with Gasteiger partial charge in [0.1, 0.15) is 6.10 Å². The van der Waals surface area contributed by atoms with Crippen molar-refractivity contribution in [2.24, 2.45) is 5.92 Å². The van der Waals surface area contributed by atoms with Gasteiger partial charge in [0.25, 0.3) is 0 Å². The predicted molar refractivity (Wildman–Crippen MR) is 109 cm³/mol. The quantitative estimate of drug-likeness (QED) is 0.547. The summed E-state index contributed by atoms with van der Waals surface area (Å²) in [5.41, 5.74) is 0.757. The Labute approximate surface area is 167 Å². The molecule has 3 atom stereocenters. The minimum Gasteiger partial charge on any atom is -0.466 e. The molecule has 0 aliphatic rings. The molecule has 1 unspecified atom stereocenters. The maximum absolute atomic E-state index is 12.9. The van der Waals surface area contributed by atoms with E-state index in [2.05, 4.69) is 6.92 Å². The molecule has 0 bridgehead atoms. The van der Waals surface area contributed by atoms with Crippen molar-refractivity contribution in [1.82, 2.24) is 0 Å². The van der Waals surface area contributed by atoms with E-state index in [1.807, 2.05) is 49.4 Å². The van der Waals surface area contributed by atoms with Gasteiger partial charge >= 0.3 is 11.9 Å². The highest BCUT2D eigenvalue weighted by Gasteiger charge is 2.28. The molecule has 0 N–H and O–H groups in total. The van der Waals surface area contributed by atoms with Crippen LogP contribution in [-0.4, -0.2) is 31.8 Å². The third-order valence-electron chi connectivity index (χ3n) is 4.88. The first-order chi connectivity index (χ1) is 13.5. The lowest BCUT2D eigenvalue weighted by molar-refractivity contribution is -0.165. The Balaban J connectivity index is 2.13. The van der Waals surface area contributed by atoms with E-state index in [1.165, 1.54) is 14.0 Å². The van der Waals surface area contributed by atoms with Gasteiger partial charge in [-0.1, -0.05) is 56.7 Å². The Bertz CT molecular complexity index is 785. The Hall–Kier alpha value is -2.40. The number of methoxy groups -OCH3 is 1. The van der Waals surface area contributed by atoms with E-state index in [1.54, 1.807) is 0 Å². The van der Waals surface area contributed by atoms with E-state index in [0.717, 1.165) is 29.2 Å². The molecule has 0 aromatic heterocycles. The minimum absolute atomic E-state index is 0.165. The fourth-order valence-electron chi connectivity index (χ4n) is 3.37. The molecule has 0 heterocycles. The Morgan fingerprint density at radius 3 is 2.39 bits per heavy atom. The third kappa shape index (κ3) is 6.06. The number of hydrogen-bond acceptors (Lipinski definition) is 5. The minimum atomic E-state index is -0.797. The summed E-state index contributed by atoms with van der Waals surface area (Å²) in [7, 11) is 1.50. The summed E-state index contributed by atoms with van der Waals surface area (Å²) >= 11 is 0. The molecule has 152 valence electrons. The van der Waals surface area contributed by atoms with Crippen LogP contribution in [0.5, 0.6) is 0 Å². The first-order valence-electron chi connectivity index (χ1n) is 9.81. The highest BCUT2D eigenvalue weighted by molar-refractivity contribution is 5.85. The summed E-state index contributed by atoms with van der Waals surface area (Å²) < 4.78 is 16.3. The zero-order valence-corrected chi connectivity index (χ0v) is 17.1. The second-order valence-corrected chi connectivity index (χ2v) is 7.09. The molecule has 0 fully saturated rings. The molecule has 0 spiro atoms. The summed E-state index contributed by atoms with van der Waals surface area (Å²) in [5, 5.41) is 2.14. The summed E-state index contributed by atoms with van der Waals surface area (Å²) in [4.78, 5) is 23.9. The van der Waals surface area contributed by atoms with Crippen molar-refractivity contribution in [2.75, 3.05) is 13.7 Å². The molecule has 0 aliphatic heterocycles. The van der Waals surface area contributed by atoms with E-state index in [9.17, 15) is 9.59 Å². The van der Waals surface area contributed by atoms with Crippen molar-refractivity contribution in [1.29, 1.82) is 0 Å². The van der Waals surface area contributed by atoms with Crippen molar-refractivity contribution in [3.63, 3.8) is 0 Å². The van der Waals surface area contributed by atoms with Crippen LogP contribution in [-0.2, 0) is 23.8 Å². The van der Waals surface area contributed by atoms with E-state index in [4.69, 9.17) is 14.2 Å². The molecular formula is C23H30O5. The van der Waals surface area contributed by atoms with Crippen molar-refractivity contribution < 1.29 is 23.8 Å². The lowest BCUT2D eigenvalue weighted by Crippen LogP contribution is -2.30. The summed E-state index contributed by atoms with van der Waals surface area (Å²) in [6.07, 6.45) is 1.26. The average molecular weight is 386 g/mol. The molecular weight excluding hydrogens is 356 g/mol.